The molecular weight excluding hydrogens is 288 g/mol. The topological polar surface area (TPSA) is 224 Å². The molecule has 0 amide bonds. The van der Waals surface area contributed by atoms with Crippen LogP contribution >= 0.6 is 0 Å². The van der Waals surface area contributed by atoms with E-state index < -0.39 is 48.7 Å². The predicted molar refractivity (Wildman–Crippen MR) is 55.0 cm³/mol. The van der Waals surface area contributed by atoms with Crippen molar-refractivity contribution in [3.05, 3.63) is 0 Å². The number of carboxylic acid groups (broad SMARTS) is 6. The van der Waals surface area contributed by atoms with Crippen LogP contribution in [-0.2, 0) is 28.8 Å². The van der Waals surface area contributed by atoms with Crippen LogP contribution in [0.15, 0.2) is 0 Å². The van der Waals surface area contributed by atoms with Crippen molar-refractivity contribution in [3.8, 4) is 0 Å². The van der Waals surface area contributed by atoms with Crippen LogP contribution < -0.4 is 0 Å². The minimum Gasteiger partial charge on any atom is -0.481 e. The molecule has 0 aromatic rings. The van der Waals surface area contributed by atoms with Gasteiger partial charge in [-0.2, -0.15) is 0 Å². The van der Waals surface area contributed by atoms with Gasteiger partial charge in [-0.3, -0.25) is 19.2 Å². The van der Waals surface area contributed by atoms with Crippen LogP contribution in [0.3, 0.4) is 0 Å². The molecule has 0 rings (SSSR count). The summed E-state index contributed by atoms with van der Waals surface area (Å²) < 4.78 is 0. The van der Waals surface area contributed by atoms with Gasteiger partial charge in [-0.05, 0) is 0 Å². The SMILES string of the molecule is O=C(O)C(=O)O.O=C(O)CC(=O)O.O=C(O)CC(=O)O. The van der Waals surface area contributed by atoms with E-state index in [1.807, 2.05) is 0 Å². The maximum absolute atomic E-state index is 9.43. The lowest BCUT2D eigenvalue weighted by Gasteiger charge is -1.80. The van der Waals surface area contributed by atoms with Gasteiger partial charge in [0.05, 0.1) is 0 Å². The van der Waals surface area contributed by atoms with Crippen LogP contribution in [0.5, 0.6) is 0 Å². The Bertz CT molecular complexity index is 332. The third-order valence-corrected chi connectivity index (χ3v) is 0.788. The summed E-state index contributed by atoms with van der Waals surface area (Å²) in [6.07, 6.45) is -1.61. The molecule has 0 aliphatic heterocycles. The van der Waals surface area contributed by atoms with Crippen LogP contribution in [0, 0.1) is 0 Å². The molecule has 12 heteroatoms. The molecule has 6 N–H and O–H groups in total. The van der Waals surface area contributed by atoms with E-state index in [1.54, 1.807) is 0 Å². The van der Waals surface area contributed by atoms with Crippen molar-refractivity contribution in [2.75, 3.05) is 0 Å². The zero-order valence-electron chi connectivity index (χ0n) is 9.55. The van der Waals surface area contributed by atoms with Gasteiger partial charge in [0.15, 0.2) is 0 Å². The van der Waals surface area contributed by atoms with E-state index in [2.05, 4.69) is 0 Å². The number of rotatable bonds is 4. The van der Waals surface area contributed by atoms with Gasteiger partial charge in [-0.25, -0.2) is 9.59 Å². The van der Waals surface area contributed by atoms with E-state index in [1.165, 1.54) is 0 Å². The number of hydrogen-bond donors (Lipinski definition) is 6. The first-order valence-corrected chi connectivity index (χ1v) is 4.23. The van der Waals surface area contributed by atoms with E-state index in [-0.39, 0.29) is 0 Å². The van der Waals surface area contributed by atoms with Crippen molar-refractivity contribution in [1.29, 1.82) is 0 Å². The molecule has 0 aliphatic rings. The first kappa shape index (κ1) is 22.0. The minimum atomic E-state index is -1.82. The van der Waals surface area contributed by atoms with E-state index in [9.17, 15) is 19.2 Å². The third kappa shape index (κ3) is 36.4. The molecular formula is C8H10O12. The molecule has 0 spiro atoms. The second kappa shape index (κ2) is 12.3. The highest BCUT2D eigenvalue weighted by atomic mass is 16.4. The molecule has 20 heavy (non-hydrogen) atoms. The number of aliphatic carboxylic acids is 6. The summed E-state index contributed by atoms with van der Waals surface area (Å²) in [5, 5.41) is 45.6. The van der Waals surface area contributed by atoms with Gasteiger partial charge >= 0.3 is 35.8 Å². The van der Waals surface area contributed by atoms with Crippen LogP contribution in [0.1, 0.15) is 12.8 Å². The molecule has 0 aromatic heterocycles. The van der Waals surface area contributed by atoms with Crippen molar-refractivity contribution in [1.82, 2.24) is 0 Å². The summed E-state index contributed by atoms with van der Waals surface area (Å²) in [7, 11) is 0. The Labute approximate surface area is 109 Å². The molecule has 0 aromatic carbocycles. The van der Waals surface area contributed by atoms with E-state index in [0.29, 0.717) is 0 Å². The summed E-state index contributed by atoms with van der Waals surface area (Å²) in [5.41, 5.74) is 0. The lowest BCUT2D eigenvalue weighted by molar-refractivity contribution is -0.159. The smallest absolute Gasteiger partial charge is 0.414 e. The molecule has 0 heterocycles. The third-order valence-electron chi connectivity index (χ3n) is 0.788. The van der Waals surface area contributed by atoms with Crippen LogP contribution in [0.25, 0.3) is 0 Å². The Morgan fingerprint density at radius 1 is 0.450 bits per heavy atom. The number of hydrogen-bond acceptors (Lipinski definition) is 6. The van der Waals surface area contributed by atoms with Crippen molar-refractivity contribution in [2.45, 2.75) is 12.8 Å². The first-order chi connectivity index (χ1) is 8.89. The molecule has 12 nitrogen and oxygen atoms in total. The summed E-state index contributed by atoms with van der Waals surface area (Å²) in [6, 6.07) is 0. The predicted octanol–water partition coefficient (Wildman–Crippen LogP) is -1.75. The minimum absolute atomic E-state index is 0.806. The summed E-state index contributed by atoms with van der Waals surface area (Å²) in [4.78, 5) is 55.9. The van der Waals surface area contributed by atoms with E-state index in [0.717, 1.165) is 0 Å². The quantitative estimate of drug-likeness (QED) is 0.251. The molecule has 0 fully saturated rings. The van der Waals surface area contributed by atoms with Gasteiger partial charge in [0.25, 0.3) is 0 Å². The molecule has 114 valence electrons. The second-order valence-corrected chi connectivity index (χ2v) is 2.54. The Balaban J connectivity index is -0.000000218. The molecule has 0 unspecified atom stereocenters. The highest BCUT2D eigenvalue weighted by molar-refractivity contribution is 6.27. The van der Waals surface area contributed by atoms with E-state index in [4.69, 9.17) is 40.2 Å². The van der Waals surface area contributed by atoms with Crippen molar-refractivity contribution >= 4 is 35.8 Å². The molecule has 0 atom stereocenters. The second-order valence-electron chi connectivity index (χ2n) is 2.54. The van der Waals surface area contributed by atoms with Gasteiger partial charge < -0.3 is 30.6 Å². The first-order valence-electron chi connectivity index (χ1n) is 4.23. The lowest BCUT2D eigenvalue weighted by atomic mass is 10.5. The molecule has 0 bridgehead atoms. The van der Waals surface area contributed by atoms with E-state index >= 15 is 0 Å². The molecule has 0 saturated carbocycles. The van der Waals surface area contributed by atoms with Gasteiger partial charge in [-0.1, -0.05) is 0 Å². The van der Waals surface area contributed by atoms with Gasteiger partial charge in [0.2, 0.25) is 0 Å². The summed E-state index contributed by atoms with van der Waals surface area (Å²) in [6.45, 7) is 0. The van der Waals surface area contributed by atoms with Crippen LogP contribution in [0.4, 0.5) is 0 Å². The highest BCUT2D eigenvalue weighted by Gasteiger charge is 2.04. The fourth-order valence-corrected chi connectivity index (χ4v) is 0.259. The maximum Gasteiger partial charge on any atom is 0.414 e. The number of carboxylic acids is 6. The Morgan fingerprint density at radius 3 is 0.600 bits per heavy atom. The molecule has 0 aliphatic carbocycles. The van der Waals surface area contributed by atoms with Gasteiger partial charge in [0.1, 0.15) is 12.8 Å². The lowest BCUT2D eigenvalue weighted by Crippen LogP contribution is -2.09. The normalized spacial score (nSPS) is 7.80. The maximum atomic E-state index is 9.43. The Morgan fingerprint density at radius 2 is 0.600 bits per heavy atom. The average Bonchev–Trinajstić information content (AvgIpc) is 2.13. The zero-order chi connectivity index (χ0) is 16.9. The Kier molecular flexibility index (Phi) is 13.5. The largest absolute Gasteiger partial charge is 0.481 e. The average molecular weight is 298 g/mol. The zero-order valence-corrected chi connectivity index (χ0v) is 9.55. The van der Waals surface area contributed by atoms with Crippen LogP contribution in [0.2, 0.25) is 0 Å². The van der Waals surface area contributed by atoms with Crippen LogP contribution in [-0.4, -0.2) is 66.5 Å². The highest BCUT2D eigenvalue weighted by Crippen LogP contribution is 1.75. The fraction of sp³-hybridized carbons (Fsp3) is 0.250. The van der Waals surface area contributed by atoms with Crippen molar-refractivity contribution < 1.29 is 59.4 Å². The molecule has 0 radical (unpaired) electrons. The van der Waals surface area contributed by atoms with Gasteiger partial charge in [0, 0.05) is 0 Å². The van der Waals surface area contributed by atoms with Gasteiger partial charge in [-0.15, -0.1) is 0 Å². The standard InChI is InChI=1S/2C3H4O4.C2H2O4/c2*4-2(5)1-3(6)7;3-1(4)2(5)6/h2*1H2,(H,4,5)(H,6,7);(H,3,4)(H,5,6). The summed E-state index contributed by atoms with van der Waals surface area (Å²) >= 11 is 0. The Hall–Kier alpha value is -3.18. The van der Waals surface area contributed by atoms with Crippen molar-refractivity contribution in [3.63, 3.8) is 0 Å². The molecule has 0 saturated heterocycles. The number of carbonyl (C=O) groups is 6. The van der Waals surface area contributed by atoms with Crippen molar-refractivity contribution in [2.24, 2.45) is 0 Å². The fourth-order valence-electron chi connectivity index (χ4n) is 0.259. The summed E-state index contributed by atoms with van der Waals surface area (Å²) in [5.74, 6) is -8.90. The monoisotopic (exact) mass is 298 g/mol.